The van der Waals surface area contributed by atoms with Gasteiger partial charge in [-0.3, -0.25) is 4.79 Å². The van der Waals surface area contributed by atoms with Crippen LogP contribution in [0.4, 0.5) is 5.69 Å². The van der Waals surface area contributed by atoms with Gasteiger partial charge in [-0.15, -0.1) is 0 Å². The summed E-state index contributed by atoms with van der Waals surface area (Å²) < 4.78 is 9.64. The van der Waals surface area contributed by atoms with E-state index in [0.29, 0.717) is 11.4 Å². The fourth-order valence-electron chi connectivity index (χ4n) is 1.28. The van der Waals surface area contributed by atoms with Crippen LogP contribution < -0.4 is 10.1 Å². The summed E-state index contributed by atoms with van der Waals surface area (Å²) >= 11 is 0. The molecule has 0 spiro atoms. The maximum atomic E-state index is 11.5. The van der Waals surface area contributed by atoms with Crippen LogP contribution in [-0.4, -0.2) is 25.6 Å². The Labute approximate surface area is 112 Å². The van der Waals surface area contributed by atoms with Crippen molar-refractivity contribution >= 4 is 17.6 Å². The zero-order valence-corrected chi connectivity index (χ0v) is 11.2. The molecule has 102 valence electrons. The minimum Gasteiger partial charge on any atom is -0.482 e. The fraction of sp³-hybridized carbons (Fsp3) is 0.286. The summed E-state index contributed by atoms with van der Waals surface area (Å²) in [7, 11) is 1.30. The van der Waals surface area contributed by atoms with Gasteiger partial charge < -0.3 is 14.8 Å². The first-order chi connectivity index (χ1) is 9.01. The quantitative estimate of drug-likeness (QED) is 0.653. The van der Waals surface area contributed by atoms with Crippen LogP contribution in [0.15, 0.2) is 35.9 Å². The largest absolute Gasteiger partial charge is 0.482 e. The summed E-state index contributed by atoms with van der Waals surface area (Å²) in [4.78, 5) is 22.4. The number of carbonyl (C=O) groups excluding carboxylic acids is 2. The summed E-state index contributed by atoms with van der Waals surface area (Å²) in [5.74, 6) is -0.0882. The van der Waals surface area contributed by atoms with Crippen LogP contribution in [-0.2, 0) is 14.3 Å². The molecule has 5 heteroatoms. The molecule has 0 bridgehead atoms. The summed E-state index contributed by atoms with van der Waals surface area (Å²) in [5.41, 5.74) is 1.59. The zero-order chi connectivity index (χ0) is 14.3. The lowest BCUT2D eigenvalue weighted by molar-refractivity contribution is -0.142. The zero-order valence-electron chi connectivity index (χ0n) is 11.2. The van der Waals surface area contributed by atoms with Crippen molar-refractivity contribution in [2.45, 2.75) is 13.8 Å². The minimum absolute atomic E-state index is 0.139. The Bertz CT molecular complexity index is 473. The number of methoxy groups -OCH3 is 1. The number of ether oxygens (including phenoxy) is 2. The van der Waals surface area contributed by atoms with Crippen molar-refractivity contribution in [2.24, 2.45) is 0 Å². The van der Waals surface area contributed by atoms with Gasteiger partial charge in [-0.1, -0.05) is 5.57 Å². The summed E-state index contributed by atoms with van der Waals surface area (Å²) in [5, 5.41) is 2.71. The molecule has 0 aliphatic heterocycles. The molecule has 0 saturated heterocycles. The number of hydrogen-bond donors (Lipinski definition) is 1. The second-order valence-electron chi connectivity index (χ2n) is 4.10. The first-order valence-corrected chi connectivity index (χ1v) is 5.77. The highest BCUT2D eigenvalue weighted by Crippen LogP contribution is 2.15. The highest BCUT2D eigenvalue weighted by atomic mass is 16.6. The molecule has 0 heterocycles. The van der Waals surface area contributed by atoms with Crippen LogP contribution in [0.5, 0.6) is 5.75 Å². The standard InChI is InChI=1S/C14H17NO4/c1-10(2)8-13(16)15-11-4-6-12(7-5-11)19-9-14(17)18-3/h4-8H,9H2,1-3H3,(H,15,16). The predicted molar refractivity (Wildman–Crippen MR) is 72.0 cm³/mol. The molecule has 1 rings (SSSR count). The van der Waals surface area contributed by atoms with Crippen molar-refractivity contribution in [1.29, 1.82) is 0 Å². The number of anilines is 1. The van der Waals surface area contributed by atoms with Crippen molar-refractivity contribution in [3.8, 4) is 5.75 Å². The summed E-state index contributed by atoms with van der Waals surface area (Å²) in [6.45, 7) is 3.56. The fourth-order valence-corrected chi connectivity index (χ4v) is 1.28. The Morgan fingerprint density at radius 3 is 2.37 bits per heavy atom. The molecule has 1 N–H and O–H groups in total. The molecule has 0 saturated carbocycles. The number of nitrogens with one attached hydrogen (secondary N) is 1. The number of esters is 1. The molecule has 0 fully saturated rings. The van der Waals surface area contributed by atoms with E-state index < -0.39 is 5.97 Å². The maximum absolute atomic E-state index is 11.5. The lowest BCUT2D eigenvalue weighted by atomic mass is 10.3. The van der Waals surface area contributed by atoms with Crippen molar-refractivity contribution in [2.75, 3.05) is 19.0 Å². The molecule has 19 heavy (non-hydrogen) atoms. The van der Waals surface area contributed by atoms with E-state index in [1.165, 1.54) is 13.2 Å². The van der Waals surface area contributed by atoms with Crippen LogP contribution in [0.2, 0.25) is 0 Å². The topological polar surface area (TPSA) is 64.6 Å². The molecule has 0 aliphatic carbocycles. The molecule has 0 atom stereocenters. The molecule has 1 aromatic rings. The van der Waals surface area contributed by atoms with Crippen molar-refractivity contribution in [3.05, 3.63) is 35.9 Å². The summed E-state index contributed by atoms with van der Waals surface area (Å²) in [6, 6.07) is 6.73. The second-order valence-corrected chi connectivity index (χ2v) is 4.10. The van der Waals surface area contributed by atoms with E-state index in [1.54, 1.807) is 24.3 Å². The highest BCUT2D eigenvalue weighted by molar-refractivity contribution is 5.99. The van der Waals surface area contributed by atoms with Gasteiger partial charge in [0, 0.05) is 11.8 Å². The van der Waals surface area contributed by atoms with Crippen LogP contribution in [0.3, 0.4) is 0 Å². The van der Waals surface area contributed by atoms with E-state index >= 15 is 0 Å². The minimum atomic E-state index is -0.444. The molecule has 0 radical (unpaired) electrons. The Kier molecular flexibility index (Phi) is 5.60. The third-order valence-electron chi connectivity index (χ3n) is 2.13. The van der Waals surface area contributed by atoms with Gasteiger partial charge in [0.25, 0.3) is 0 Å². The van der Waals surface area contributed by atoms with Gasteiger partial charge in [0.1, 0.15) is 5.75 Å². The maximum Gasteiger partial charge on any atom is 0.343 e. The molecule has 5 nitrogen and oxygen atoms in total. The molecule has 1 aromatic carbocycles. The molecule has 1 amide bonds. The number of benzene rings is 1. The van der Waals surface area contributed by atoms with Crippen molar-refractivity contribution in [1.82, 2.24) is 0 Å². The van der Waals surface area contributed by atoms with E-state index in [4.69, 9.17) is 4.74 Å². The number of allylic oxidation sites excluding steroid dienone is 1. The van der Waals surface area contributed by atoms with Gasteiger partial charge in [0.15, 0.2) is 6.61 Å². The average molecular weight is 263 g/mol. The van der Waals surface area contributed by atoms with E-state index in [-0.39, 0.29) is 12.5 Å². The third-order valence-corrected chi connectivity index (χ3v) is 2.13. The SMILES string of the molecule is COC(=O)COc1ccc(NC(=O)C=C(C)C)cc1. The van der Waals surface area contributed by atoms with Gasteiger partial charge in [-0.2, -0.15) is 0 Å². The van der Waals surface area contributed by atoms with Gasteiger partial charge in [0.2, 0.25) is 5.91 Å². The molecule has 0 unspecified atom stereocenters. The Balaban J connectivity index is 2.54. The average Bonchev–Trinajstić information content (AvgIpc) is 2.36. The Morgan fingerprint density at radius 2 is 1.84 bits per heavy atom. The Hall–Kier alpha value is -2.30. The highest BCUT2D eigenvalue weighted by Gasteiger charge is 2.02. The normalized spacial score (nSPS) is 9.42. The lowest BCUT2D eigenvalue weighted by Crippen LogP contribution is -2.12. The second kappa shape index (κ2) is 7.20. The molecule has 0 aliphatic rings. The summed E-state index contributed by atoms with van der Waals surface area (Å²) in [6.07, 6.45) is 1.52. The van der Waals surface area contributed by atoms with E-state index in [1.807, 2.05) is 13.8 Å². The van der Waals surface area contributed by atoms with E-state index in [0.717, 1.165) is 5.57 Å². The van der Waals surface area contributed by atoms with Crippen molar-refractivity contribution in [3.63, 3.8) is 0 Å². The lowest BCUT2D eigenvalue weighted by Gasteiger charge is -2.06. The number of carbonyl (C=O) groups is 2. The van der Waals surface area contributed by atoms with Crippen LogP contribution in [0, 0.1) is 0 Å². The van der Waals surface area contributed by atoms with Gasteiger partial charge in [-0.25, -0.2) is 4.79 Å². The first-order valence-electron chi connectivity index (χ1n) is 5.77. The van der Waals surface area contributed by atoms with E-state index in [2.05, 4.69) is 10.1 Å². The third kappa shape index (κ3) is 5.72. The molecular formula is C14H17NO4. The van der Waals surface area contributed by atoms with Gasteiger partial charge in [-0.05, 0) is 38.1 Å². The molecule has 0 aromatic heterocycles. The molecular weight excluding hydrogens is 246 g/mol. The van der Waals surface area contributed by atoms with Gasteiger partial charge in [0.05, 0.1) is 7.11 Å². The predicted octanol–water partition coefficient (Wildman–Crippen LogP) is 2.14. The number of hydrogen-bond acceptors (Lipinski definition) is 4. The van der Waals surface area contributed by atoms with E-state index in [9.17, 15) is 9.59 Å². The van der Waals surface area contributed by atoms with Crippen LogP contribution in [0.1, 0.15) is 13.8 Å². The Morgan fingerprint density at radius 1 is 1.21 bits per heavy atom. The first kappa shape index (κ1) is 14.8. The number of amides is 1. The monoisotopic (exact) mass is 263 g/mol. The van der Waals surface area contributed by atoms with Crippen LogP contribution >= 0.6 is 0 Å². The number of rotatable bonds is 5. The smallest absolute Gasteiger partial charge is 0.343 e. The van der Waals surface area contributed by atoms with Gasteiger partial charge >= 0.3 is 5.97 Å². The van der Waals surface area contributed by atoms with Crippen LogP contribution in [0.25, 0.3) is 0 Å². The van der Waals surface area contributed by atoms with Crippen molar-refractivity contribution < 1.29 is 19.1 Å².